The van der Waals surface area contributed by atoms with Crippen LogP contribution < -0.4 is 0 Å². The fourth-order valence-electron chi connectivity index (χ4n) is 2.01. The summed E-state index contributed by atoms with van der Waals surface area (Å²) in [6.45, 7) is 15.4. The first-order valence-electron chi connectivity index (χ1n) is 7.49. The molecule has 0 saturated carbocycles. The fourth-order valence-corrected chi connectivity index (χ4v) is 5.12. The Morgan fingerprint density at radius 1 is 0.842 bits per heavy atom. The lowest BCUT2D eigenvalue weighted by atomic mass is 10.1. The van der Waals surface area contributed by atoms with Gasteiger partial charge in [-0.15, -0.1) is 0 Å². The van der Waals surface area contributed by atoms with Crippen molar-refractivity contribution in [3.63, 3.8) is 0 Å². The van der Waals surface area contributed by atoms with Gasteiger partial charge in [-0.05, 0) is 45.7 Å². The van der Waals surface area contributed by atoms with Crippen LogP contribution in [0, 0.1) is 0 Å². The molecule has 0 bridgehead atoms. The van der Waals surface area contributed by atoms with Gasteiger partial charge in [-0.2, -0.15) is 0 Å². The second-order valence-corrected chi connectivity index (χ2v) is 16.4. The zero-order valence-electron chi connectivity index (χ0n) is 14.3. The maximum atomic E-state index is 6.29. The summed E-state index contributed by atoms with van der Waals surface area (Å²) in [5.41, 5.74) is 0. The molecule has 0 spiro atoms. The Morgan fingerprint density at radius 3 is 1.63 bits per heavy atom. The van der Waals surface area contributed by atoms with E-state index < -0.39 is 22.6 Å². The van der Waals surface area contributed by atoms with Crippen molar-refractivity contribution in [3.05, 3.63) is 0 Å². The molecule has 0 N–H and O–H groups in total. The minimum atomic E-state index is -1.69. The zero-order valence-corrected chi connectivity index (χ0v) is 18.3. The molecule has 0 heterocycles. The number of hydrogen-bond donors (Lipinski definition) is 0. The van der Waals surface area contributed by atoms with Crippen molar-refractivity contribution >= 4 is 27.1 Å². The van der Waals surface area contributed by atoms with Crippen LogP contribution in [0.3, 0.4) is 0 Å². The molecular formula is C13H34O3Si3. The van der Waals surface area contributed by atoms with Crippen LogP contribution in [0.15, 0.2) is 0 Å². The third-order valence-corrected chi connectivity index (χ3v) is 5.04. The lowest BCUT2D eigenvalue weighted by molar-refractivity contribution is -0.267. The topological polar surface area (TPSA) is 27.7 Å². The third-order valence-electron chi connectivity index (χ3n) is 2.57. The van der Waals surface area contributed by atoms with Crippen LogP contribution in [0.4, 0.5) is 0 Å². The molecule has 0 saturated heterocycles. The molecule has 0 amide bonds. The summed E-state index contributed by atoms with van der Waals surface area (Å²) in [6.07, 6.45) is 5.74. The van der Waals surface area contributed by atoms with E-state index in [4.69, 9.17) is 13.3 Å². The second kappa shape index (κ2) is 8.09. The van der Waals surface area contributed by atoms with Gasteiger partial charge in [0.2, 0.25) is 0 Å². The maximum Gasteiger partial charge on any atom is 0.253 e. The fraction of sp³-hybridized carbons (Fsp3) is 1.00. The molecule has 0 rings (SSSR count). The van der Waals surface area contributed by atoms with E-state index in [0.29, 0.717) is 10.5 Å². The maximum absolute atomic E-state index is 6.29. The summed E-state index contributed by atoms with van der Waals surface area (Å²) in [5, 5.41) is 0. The van der Waals surface area contributed by atoms with Gasteiger partial charge in [0.15, 0.2) is 27.1 Å². The smallest absolute Gasteiger partial charge is 0.253 e. The van der Waals surface area contributed by atoms with Gasteiger partial charge in [-0.1, -0.05) is 26.2 Å². The molecular weight excluding hydrogens is 288 g/mol. The number of hydrogen-bond acceptors (Lipinski definition) is 3. The Kier molecular flexibility index (Phi) is 8.32. The summed E-state index contributed by atoms with van der Waals surface area (Å²) < 4.78 is 18.4. The van der Waals surface area contributed by atoms with E-state index in [0.717, 1.165) is 12.8 Å². The van der Waals surface area contributed by atoms with Gasteiger partial charge >= 0.3 is 0 Å². The SMILES string of the molecule is CCCCCCC(O[SiH3])(O[Si](C)(C)C)O[Si](C)(C)C. The van der Waals surface area contributed by atoms with Crippen molar-refractivity contribution in [1.82, 2.24) is 0 Å². The summed E-state index contributed by atoms with van der Waals surface area (Å²) in [5.74, 6) is -0.755. The van der Waals surface area contributed by atoms with E-state index in [1.54, 1.807) is 0 Å². The van der Waals surface area contributed by atoms with Gasteiger partial charge in [-0.25, -0.2) is 0 Å². The highest BCUT2D eigenvalue weighted by Gasteiger charge is 2.40. The van der Waals surface area contributed by atoms with Crippen molar-refractivity contribution < 1.29 is 13.3 Å². The average Bonchev–Trinajstić information content (AvgIpc) is 2.19. The standard InChI is InChI=1S/C13H34O3Si3/c1-8-9-10-11-12-13(14-17,15-18(2,3)4)16-19(5,6)7/h8-12H2,1-7,17H3. The molecule has 19 heavy (non-hydrogen) atoms. The Hall–Kier alpha value is 0.531. The lowest BCUT2D eigenvalue weighted by Crippen LogP contribution is -2.51. The predicted molar refractivity (Wildman–Crippen MR) is 91.4 cm³/mol. The predicted octanol–water partition coefficient (Wildman–Crippen LogP) is 3.61. The van der Waals surface area contributed by atoms with Gasteiger partial charge < -0.3 is 13.3 Å². The molecule has 0 radical (unpaired) electrons. The first-order valence-corrected chi connectivity index (χ1v) is 15.1. The van der Waals surface area contributed by atoms with Crippen molar-refractivity contribution in [2.24, 2.45) is 0 Å². The van der Waals surface area contributed by atoms with Crippen LogP contribution in [-0.4, -0.2) is 33.1 Å². The first-order chi connectivity index (χ1) is 8.54. The van der Waals surface area contributed by atoms with Crippen LogP contribution in [0.5, 0.6) is 0 Å². The summed E-state index contributed by atoms with van der Waals surface area (Å²) >= 11 is 0. The normalized spacial score (nSPS) is 14.1. The minimum Gasteiger partial charge on any atom is -0.382 e. The highest BCUT2D eigenvalue weighted by atomic mass is 28.4. The van der Waals surface area contributed by atoms with Crippen molar-refractivity contribution in [2.75, 3.05) is 0 Å². The summed E-state index contributed by atoms with van der Waals surface area (Å²) in [7, 11) is -2.73. The van der Waals surface area contributed by atoms with Gasteiger partial charge in [0.05, 0.1) is 0 Å². The van der Waals surface area contributed by atoms with E-state index in [9.17, 15) is 0 Å². The van der Waals surface area contributed by atoms with E-state index >= 15 is 0 Å². The largest absolute Gasteiger partial charge is 0.382 e. The molecule has 0 aliphatic carbocycles. The van der Waals surface area contributed by atoms with E-state index in [1.165, 1.54) is 19.3 Å². The molecule has 0 aliphatic heterocycles. The summed E-state index contributed by atoms with van der Waals surface area (Å²) in [6, 6.07) is 0. The first kappa shape index (κ1) is 19.5. The third kappa shape index (κ3) is 9.98. The Labute approximate surface area is 125 Å². The highest BCUT2D eigenvalue weighted by molar-refractivity contribution is 6.71. The van der Waals surface area contributed by atoms with Crippen molar-refractivity contribution in [1.29, 1.82) is 0 Å². The zero-order chi connectivity index (χ0) is 15.2. The Balaban J connectivity index is 4.75. The van der Waals surface area contributed by atoms with Crippen LogP contribution >= 0.6 is 0 Å². The van der Waals surface area contributed by atoms with Crippen LogP contribution in [0.1, 0.15) is 39.0 Å². The molecule has 0 unspecified atom stereocenters. The molecule has 0 aromatic heterocycles. The molecule has 0 aromatic carbocycles. The van der Waals surface area contributed by atoms with Crippen LogP contribution in [-0.2, 0) is 13.3 Å². The molecule has 116 valence electrons. The molecule has 3 nitrogen and oxygen atoms in total. The van der Waals surface area contributed by atoms with Gasteiger partial charge in [0, 0.05) is 6.42 Å². The number of unbranched alkanes of at least 4 members (excludes halogenated alkanes) is 3. The highest BCUT2D eigenvalue weighted by Crippen LogP contribution is 2.30. The van der Waals surface area contributed by atoms with Gasteiger partial charge in [0.25, 0.3) is 5.97 Å². The van der Waals surface area contributed by atoms with Gasteiger partial charge in [-0.3, -0.25) is 0 Å². The van der Waals surface area contributed by atoms with Gasteiger partial charge in [0.1, 0.15) is 0 Å². The van der Waals surface area contributed by atoms with Crippen molar-refractivity contribution in [3.8, 4) is 0 Å². The van der Waals surface area contributed by atoms with Crippen molar-refractivity contribution in [2.45, 2.75) is 84.3 Å². The second-order valence-electron chi connectivity index (χ2n) is 7.13. The Morgan fingerprint density at radius 2 is 1.32 bits per heavy atom. The van der Waals surface area contributed by atoms with E-state index in [-0.39, 0.29) is 0 Å². The quantitative estimate of drug-likeness (QED) is 0.349. The monoisotopic (exact) mass is 322 g/mol. The average molecular weight is 323 g/mol. The van der Waals surface area contributed by atoms with Crippen LogP contribution in [0.2, 0.25) is 39.3 Å². The van der Waals surface area contributed by atoms with E-state index in [2.05, 4.69) is 46.2 Å². The van der Waals surface area contributed by atoms with E-state index in [1.807, 2.05) is 0 Å². The molecule has 0 aromatic rings. The van der Waals surface area contributed by atoms with Crippen LogP contribution in [0.25, 0.3) is 0 Å². The molecule has 0 aliphatic rings. The molecule has 6 heteroatoms. The minimum absolute atomic E-state index is 0.647. The lowest BCUT2D eigenvalue weighted by Gasteiger charge is -2.42. The number of rotatable bonds is 10. The summed E-state index contributed by atoms with van der Waals surface area (Å²) in [4.78, 5) is 0. The molecule has 0 fully saturated rings. The Bertz CT molecular complexity index is 230. The molecule has 0 atom stereocenters.